The van der Waals surface area contributed by atoms with E-state index in [1.807, 2.05) is 0 Å². The van der Waals surface area contributed by atoms with Crippen LogP contribution in [0.15, 0.2) is 12.2 Å². The summed E-state index contributed by atoms with van der Waals surface area (Å²) >= 11 is 0. The van der Waals surface area contributed by atoms with Gasteiger partial charge in [-0.2, -0.15) is 0 Å². The van der Waals surface area contributed by atoms with Crippen LogP contribution in [0.4, 0.5) is 0 Å². The second kappa shape index (κ2) is 28.1. The molecule has 0 aliphatic heterocycles. The van der Waals surface area contributed by atoms with E-state index in [1.165, 1.54) is 96.3 Å². The minimum Gasteiger partial charge on any atom is -0.481 e. The quantitative estimate of drug-likeness (QED) is 0.132. The summed E-state index contributed by atoms with van der Waals surface area (Å²) in [7, 11) is 0. The summed E-state index contributed by atoms with van der Waals surface area (Å²) < 4.78 is 0. The first-order valence-corrected chi connectivity index (χ1v) is 12.3. The van der Waals surface area contributed by atoms with E-state index in [1.54, 1.807) is 0 Å². The van der Waals surface area contributed by atoms with Crippen molar-refractivity contribution in [2.24, 2.45) is 0 Å². The molecule has 0 amide bonds. The van der Waals surface area contributed by atoms with Gasteiger partial charge in [0.25, 0.3) is 0 Å². The van der Waals surface area contributed by atoms with Crippen molar-refractivity contribution in [3.8, 4) is 0 Å². The van der Waals surface area contributed by atoms with Crippen LogP contribution in [-0.2, 0) is 4.79 Å². The highest BCUT2D eigenvalue weighted by Gasteiger charge is 1.97. The zero-order chi connectivity index (χ0) is 22.7. The fourth-order valence-corrected chi connectivity index (χ4v) is 3.11. The van der Waals surface area contributed by atoms with Gasteiger partial charge in [0.05, 0.1) is 13.2 Å². The third-order valence-electron chi connectivity index (χ3n) is 5.07. The number of carboxylic acid groups (broad SMARTS) is 1. The molecule has 0 bridgehead atoms. The Balaban J connectivity index is 0. The molecule has 5 nitrogen and oxygen atoms in total. The van der Waals surface area contributed by atoms with E-state index in [4.69, 9.17) is 20.4 Å². The van der Waals surface area contributed by atoms with E-state index < -0.39 is 12.1 Å². The number of rotatable bonds is 21. The number of allylic oxidation sites excluding steroid dienone is 2. The highest BCUT2D eigenvalue weighted by atomic mass is 16.4. The lowest BCUT2D eigenvalue weighted by Crippen LogP contribution is -2.15. The van der Waals surface area contributed by atoms with Gasteiger partial charge in [-0.05, 0) is 32.1 Å². The second-order valence-electron chi connectivity index (χ2n) is 8.16. The molecule has 0 spiro atoms. The third kappa shape index (κ3) is 31.8. The Morgan fingerprint density at radius 3 is 1.37 bits per heavy atom. The standard InChI is InChI=1S/C22H42O2.C3H8O3/c1-2-3-4-5-6-7-8-9-10-11-12-13-14-15-16-17-18-19-20-21-22(23)24;4-1-3(6)2-5/h9-10H,2-8,11-21H2,1H3,(H,23,24);3-6H,1-2H2. The van der Waals surface area contributed by atoms with Crippen LogP contribution in [0.2, 0.25) is 0 Å². The minimum atomic E-state index is -0.954. The van der Waals surface area contributed by atoms with Gasteiger partial charge in [0.15, 0.2) is 0 Å². The Labute approximate surface area is 185 Å². The molecule has 0 aromatic rings. The van der Waals surface area contributed by atoms with E-state index in [2.05, 4.69) is 19.1 Å². The summed E-state index contributed by atoms with van der Waals surface area (Å²) in [6, 6.07) is 0. The van der Waals surface area contributed by atoms with Crippen LogP contribution in [0.25, 0.3) is 0 Å². The molecule has 0 saturated heterocycles. The van der Waals surface area contributed by atoms with Crippen molar-refractivity contribution in [1.29, 1.82) is 0 Å². The molecule has 0 heterocycles. The van der Waals surface area contributed by atoms with E-state index in [0.717, 1.165) is 12.8 Å². The van der Waals surface area contributed by atoms with Gasteiger partial charge in [-0.25, -0.2) is 0 Å². The second-order valence-corrected chi connectivity index (χ2v) is 8.16. The maximum Gasteiger partial charge on any atom is 0.303 e. The van der Waals surface area contributed by atoms with Gasteiger partial charge in [-0.15, -0.1) is 0 Å². The molecule has 0 atom stereocenters. The van der Waals surface area contributed by atoms with Crippen molar-refractivity contribution in [2.75, 3.05) is 13.2 Å². The number of aliphatic hydroxyl groups is 3. The maximum atomic E-state index is 10.4. The van der Waals surface area contributed by atoms with Gasteiger partial charge >= 0.3 is 5.97 Å². The third-order valence-corrected chi connectivity index (χ3v) is 5.07. The lowest BCUT2D eigenvalue weighted by Gasteiger charge is -2.01. The zero-order valence-corrected chi connectivity index (χ0v) is 19.6. The topological polar surface area (TPSA) is 98.0 Å². The van der Waals surface area contributed by atoms with Gasteiger partial charge in [0.1, 0.15) is 6.10 Å². The maximum absolute atomic E-state index is 10.4. The van der Waals surface area contributed by atoms with E-state index in [9.17, 15) is 4.79 Å². The average Bonchev–Trinajstić information content (AvgIpc) is 2.75. The highest BCUT2D eigenvalue weighted by molar-refractivity contribution is 5.66. The number of unbranched alkanes of at least 4 members (excludes halogenated alkanes) is 15. The van der Waals surface area contributed by atoms with Crippen LogP contribution < -0.4 is 0 Å². The molecule has 0 rings (SSSR count). The molecule has 0 aliphatic rings. The van der Waals surface area contributed by atoms with Crippen LogP contribution in [0.3, 0.4) is 0 Å². The van der Waals surface area contributed by atoms with Crippen molar-refractivity contribution >= 4 is 5.97 Å². The number of carboxylic acids is 1. The van der Waals surface area contributed by atoms with Gasteiger partial charge in [-0.1, -0.05) is 96.1 Å². The van der Waals surface area contributed by atoms with Crippen LogP contribution >= 0.6 is 0 Å². The SMILES string of the molecule is CCCCCCCCC=CCCCCCCCCCCCC(=O)O.OCC(O)CO. The Bertz CT molecular complexity index is 353. The summed E-state index contributed by atoms with van der Waals surface area (Å²) in [6.07, 6.45) is 26.2. The normalized spacial score (nSPS) is 11.1. The van der Waals surface area contributed by atoms with E-state index >= 15 is 0 Å². The smallest absolute Gasteiger partial charge is 0.303 e. The largest absolute Gasteiger partial charge is 0.481 e. The van der Waals surface area contributed by atoms with E-state index in [0.29, 0.717) is 6.42 Å². The number of hydrogen-bond acceptors (Lipinski definition) is 4. The first-order chi connectivity index (χ1) is 14.6. The summed E-state index contributed by atoms with van der Waals surface area (Å²) in [5, 5.41) is 32.6. The van der Waals surface area contributed by atoms with Gasteiger partial charge in [0, 0.05) is 6.42 Å². The molecule has 0 saturated carbocycles. The Morgan fingerprint density at radius 1 is 0.667 bits per heavy atom. The van der Waals surface area contributed by atoms with Gasteiger partial charge in [0.2, 0.25) is 0 Å². The molecule has 0 aliphatic carbocycles. The number of aliphatic hydroxyl groups excluding tert-OH is 3. The van der Waals surface area contributed by atoms with Crippen molar-refractivity contribution in [3.63, 3.8) is 0 Å². The summed E-state index contributed by atoms with van der Waals surface area (Å²) in [4.78, 5) is 10.4. The molecule has 0 aromatic heterocycles. The van der Waals surface area contributed by atoms with Crippen LogP contribution in [0.1, 0.15) is 122 Å². The van der Waals surface area contributed by atoms with Gasteiger partial charge in [-0.3, -0.25) is 4.79 Å². The Morgan fingerprint density at radius 2 is 1.03 bits per heavy atom. The molecule has 30 heavy (non-hydrogen) atoms. The summed E-state index contributed by atoms with van der Waals surface area (Å²) in [6.45, 7) is 1.54. The van der Waals surface area contributed by atoms with Crippen molar-refractivity contribution in [1.82, 2.24) is 0 Å². The zero-order valence-electron chi connectivity index (χ0n) is 19.6. The molecule has 0 fully saturated rings. The number of carbonyl (C=O) groups is 1. The predicted molar refractivity (Wildman–Crippen MR) is 126 cm³/mol. The summed E-state index contributed by atoms with van der Waals surface area (Å²) in [5.74, 6) is -0.656. The monoisotopic (exact) mass is 430 g/mol. The molecule has 0 radical (unpaired) electrons. The van der Waals surface area contributed by atoms with Crippen LogP contribution in [0.5, 0.6) is 0 Å². The first kappa shape index (κ1) is 31.3. The first-order valence-electron chi connectivity index (χ1n) is 12.3. The Kier molecular flexibility index (Phi) is 29.3. The molecular weight excluding hydrogens is 380 g/mol. The van der Waals surface area contributed by atoms with Crippen molar-refractivity contribution in [3.05, 3.63) is 12.2 Å². The minimum absolute atomic E-state index is 0.340. The van der Waals surface area contributed by atoms with E-state index in [-0.39, 0.29) is 13.2 Å². The molecule has 5 heteroatoms. The molecule has 0 aromatic carbocycles. The lowest BCUT2D eigenvalue weighted by atomic mass is 10.1. The fourth-order valence-electron chi connectivity index (χ4n) is 3.11. The molecule has 4 N–H and O–H groups in total. The number of hydrogen-bond donors (Lipinski definition) is 4. The van der Waals surface area contributed by atoms with Crippen molar-refractivity contribution in [2.45, 2.75) is 129 Å². The van der Waals surface area contributed by atoms with Gasteiger partial charge < -0.3 is 20.4 Å². The number of aliphatic carboxylic acids is 1. The highest BCUT2D eigenvalue weighted by Crippen LogP contribution is 2.12. The van der Waals surface area contributed by atoms with Crippen LogP contribution in [-0.4, -0.2) is 45.7 Å². The lowest BCUT2D eigenvalue weighted by molar-refractivity contribution is -0.137. The van der Waals surface area contributed by atoms with Crippen LogP contribution in [0, 0.1) is 0 Å². The molecule has 0 unspecified atom stereocenters. The summed E-state index contributed by atoms with van der Waals surface area (Å²) in [5.41, 5.74) is 0. The predicted octanol–water partition coefficient (Wildman–Crippen LogP) is 6.00. The molecular formula is C25H50O5. The molecule has 180 valence electrons. The fraction of sp³-hybridized carbons (Fsp3) is 0.880. The average molecular weight is 431 g/mol. The Hall–Kier alpha value is -0.910. The van der Waals surface area contributed by atoms with Crippen molar-refractivity contribution < 1.29 is 25.2 Å².